The molecule has 1 atom stereocenters. The summed E-state index contributed by atoms with van der Waals surface area (Å²) in [7, 11) is 0. The average Bonchev–Trinajstić information content (AvgIpc) is 3.22. The zero-order valence-corrected chi connectivity index (χ0v) is 14.7. The number of benzene rings is 1. The summed E-state index contributed by atoms with van der Waals surface area (Å²) >= 11 is 1.49. The monoisotopic (exact) mass is 342 g/mol. The number of aryl methyl sites for hydroxylation is 2. The van der Waals surface area contributed by atoms with Gasteiger partial charge >= 0.3 is 0 Å². The molecule has 1 aromatic carbocycles. The van der Waals surface area contributed by atoms with Crippen LogP contribution in [0.1, 0.15) is 29.3 Å². The summed E-state index contributed by atoms with van der Waals surface area (Å²) in [5, 5.41) is 16.4. The van der Waals surface area contributed by atoms with Crippen molar-refractivity contribution in [1.29, 1.82) is 0 Å². The van der Waals surface area contributed by atoms with E-state index < -0.39 is 5.60 Å². The van der Waals surface area contributed by atoms with Crippen LogP contribution in [-0.2, 0) is 16.8 Å². The van der Waals surface area contributed by atoms with Gasteiger partial charge < -0.3 is 15.4 Å². The summed E-state index contributed by atoms with van der Waals surface area (Å²) in [4.78, 5) is 16.3. The summed E-state index contributed by atoms with van der Waals surface area (Å²) in [6.07, 6.45) is 3.06. The van der Waals surface area contributed by atoms with Crippen molar-refractivity contribution in [3.63, 3.8) is 0 Å². The van der Waals surface area contributed by atoms with Crippen molar-refractivity contribution in [1.82, 2.24) is 10.3 Å². The van der Waals surface area contributed by atoms with E-state index in [1.54, 1.807) is 6.92 Å². The van der Waals surface area contributed by atoms with Gasteiger partial charge in [-0.3, -0.25) is 4.79 Å². The van der Waals surface area contributed by atoms with Gasteiger partial charge in [0.05, 0.1) is 6.54 Å². The molecule has 126 valence electrons. The van der Waals surface area contributed by atoms with Crippen LogP contribution in [0.25, 0.3) is 10.9 Å². The number of amides is 1. The van der Waals surface area contributed by atoms with Gasteiger partial charge in [-0.15, -0.1) is 11.3 Å². The van der Waals surface area contributed by atoms with Gasteiger partial charge in [-0.2, -0.15) is 0 Å². The molecule has 0 bridgehead atoms. The molecular formula is C19H22N2O2S. The van der Waals surface area contributed by atoms with Crippen molar-refractivity contribution in [2.75, 3.05) is 6.54 Å². The molecule has 0 saturated carbocycles. The number of thiophene rings is 1. The van der Waals surface area contributed by atoms with Gasteiger partial charge in [-0.25, -0.2) is 0 Å². The standard InChI is InChI=1S/C19H22N2O2S/c1-13-5-3-6-15-14(11-20-18(13)15)8-9-17(22)21-12-19(2,23)16-7-4-10-24-16/h3-7,10-11,20,23H,8-9,12H2,1-2H3,(H,21,22). The first kappa shape index (κ1) is 16.7. The summed E-state index contributed by atoms with van der Waals surface area (Å²) in [5.74, 6) is -0.0474. The normalized spacial score (nSPS) is 13.8. The van der Waals surface area contributed by atoms with E-state index in [0.29, 0.717) is 12.8 Å². The lowest BCUT2D eigenvalue weighted by Gasteiger charge is -2.22. The SMILES string of the molecule is Cc1cccc2c(CCC(=O)NCC(C)(O)c3cccs3)c[nH]c12. The Morgan fingerprint density at radius 2 is 2.17 bits per heavy atom. The highest BCUT2D eigenvalue weighted by Crippen LogP contribution is 2.25. The maximum Gasteiger partial charge on any atom is 0.220 e. The van der Waals surface area contributed by atoms with Crippen molar-refractivity contribution < 1.29 is 9.90 Å². The van der Waals surface area contributed by atoms with E-state index >= 15 is 0 Å². The Morgan fingerprint density at radius 1 is 1.33 bits per heavy atom. The fraction of sp³-hybridized carbons (Fsp3) is 0.316. The van der Waals surface area contributed by atoms with Crippen LogP contribution in [0.4, 0.5) is 0 Å². The minimum Gasteiger partial charge on any atom is -0.383 e. The van der Waals surface area contributed by atoms with E-state index in [2.05, 4.69) is 29.4 Å². The first-order valence-electron chi connectivity index (χ1n) is 8.06. The lowest BCUT2D eigenvalue weighted by molar-refractivity contribution is -0.122. The summed E-state index contributed by atoms with van der Waals surface area (Å²) in [6.45, 7) is 4.02. The number of carbonyl (C=O) groups excluding carboxylic acids is 1. The molecule has 0 saturated heterocycles. The van der Waals surface area contributed by atoms with Crippen LogP contribution in [0.2, 0.25) is 0 Å². The van der Waals surface area contributed by atoms with Crippen molar-refractivity contribution in [3.05, 3.63) is 57.9 Å². The van der Waals surface area contributed by atoms with Crippen LogP contribution in [0.5, 0.6) is 0 Å². The highest BCUT2D eigenvalue weighted by molar-refractivity contribution is 7.10. The van der Waals surface area contributed by atoms with Gasteiger partial charge in [0.15, 0.2) is 0 Å². The molecule has 0 radical (unpaired) electrons. The second-order valence-electron chi connectivity index (χ2n) is 6.34. The van der Waals surface area contributed by atoms with Crippen LogP contribution in [0, 0.1) is 6.92 Å². The number of aliphatic hydroxyl groups is 1. The van der Waals surface area contributed by atoms with Crippen molar-refractivity contribution in [2.45, 2.75) is 32.3 Å². The second kappa shape index (κ2) is 6.79. The number of nitrogens with one attached hydrogen (secondary N) is 2. The minimum atomic E-state index is -1.03. The maximum absolute atomic E-state index is 12.1. The number of rotatable bonds is 6. The predicted octanol–water partition coefficient (Wildman–Crippen LogP) is 3.49. The Morgan fingerprint density at radius 3 is 2.92 bits per heavy atom. The number of H-pyrrole nitrogens is 1. The Bertz CT molecular complexity index is 834. The third kappa shape index (κ3) is 3.52. The van der Waals surface area contributed by atoms with Crippen LogP contribution < -0.4 is 5.32 Å². The third-order valence-electron chi connectivity index (χ3n) is 4.31. The summed E-state index contributed by atoms with van der Waals surface area (Å²) in [6, 6.07) is 9.96. The zero-order chi connectivity index (χ0) is 17.2. The maximum atomic E-state index is 12.1. The highest BCUT2D eigenvalue weighted by atomic mass is 32.1. The molecule has 3 aromatic rings. The molecule has 2 heterocycles. The molecule has 3 rings (SSSR count). The number of fused-ring (bicyclic) bond motifs is 1. The molecule has 4 nitrogen and oxygen atoms in total. The number of aromatic amines is 1. The van der Waals surface area contributed by atoms with Gasteiger partial charge in [-0.1, -0.05) is 24.3 Å². The Kier molecular flexibility index (Phi) is 4.73. The quantitative estimate of drug-likeness (QED) is 0.642. The molecule has 0 spiro atoms. The Balaban J connectivity index is 1.57. The molecule has 0 aliphatic carbocycles. The predicted molar refractivity (Wildman–Crippen MR) is 98.3 cm³/mol. The van der Waals surface area contributed by atoms with E-state index in [1.165, 1.54) is 22.3 Å². The van der Waals surface area contributed by atoms with Gasteiger partial charge in [0, 0.05) is 28.4 Å². The Hall–Kier alpha value is -2.11. The van der Waals surface area contributed by atoms with Crippen LogP contribution in [-0.4, -0.2) is 22.5 Å². The van der Waals surface area contributed by atoms with Crippen molar-refractivity contribution in [2.24, 2.45) is 0 Å². The molecule has 0 fully saturated rings. The first-order valence-corrected chi connectivity index (χ1v) is 8.94. The number of para-hydroxylation sites is 1. The molecule has 1 amide bonds. The second-order valence-corrected chi connectivity index (χ2v) is 7.29. The molecule has 24 heavy (non-hydrogen) atoms. The van der Waals surface area contributed by atoms with Gasteiger partial charge in [0.2, 0.25) is 5.91 Å². The molecule has 1 unspecified atom stereocenters. The van der Waals surface area contributed by atoms with E-state index in [4.69, 9.17) is 0 Å². The van der Waals surface area contributed by atoms with Gasteiger partial charge in [-0.05, 0) is 42.8 Å². The smallest absolute Gasteiger partial charge is 0.220 e. The first-order chi connectivity index (χ1) is 11.5. The van der Waals surface area contributed by atoms with E-state index in [9.17, 15) is 9.90 Å². The summed E-state index contributed by atoms with van der Waals surface area (Å²) < 4.78 is 0. The number of hydrogen-bond acceptors (Lipinski definition) is 3. The van der Waals surface area contributed by atoms with Crippen LogP contribution in [0.3, 0.4) is 0 Å². The van der Waals surface area contributed by atoms with E-state index in [0.717, 1.165) is 16.0 Å². The van der Waals surface area contributed by atoms with Gasteiger partial charge in [0.1, 0.15) is 5.60 Å². The number of aromatic nitrogens is 1. The van der Waals surface area contributed by atoms with Crippen LogP contribution >= 0.6 is 11.3 Å². The number of hydrogen-bond donors (Lipinski definition) is 3. The molecular weight excluding hydrogens is 320 g/mol. The number of carbonyl (C=O) groups is 1. The minimum absolute atomic E-state index is 0.0474. The van der Waals surface area contributed by atoms with Gasteiger partial charge in [0.25, 0.3) is 0 Å². The summed E-state index contributed by atoms with van der Waals surface area (Å²) in [5.41, 5.74) is 2.46. The zero-order valence-electron chi connectivity index (χ0n) is 13.9. The van der Waals surface area contributed by atoms with E-state index in [-0.39, 0.29) is 12.5 Å². The fourth-order valence-electron chi connectivity index (χ4n) is 2.85. The lowest BCUT2D eigenvalue weighted by atomic mass is 10.0. The highest BCUT2D eigenvalue weighted by Gasteiger charge is 2.24. The molecule has 5 heteroatoms. The molecule has 0 aliphatic heterocycles. The molecule has 2 aromatic heterocycles. The lowest BCUT2D eigenvalue weighted by Crippen LogP contribution is -2.38. The van der Waals surface area contributed by atoms with Crippen molar-refractivity contribution >= 4 is 28.1 Å². The van der Waals surface area contributed by atoms with E-state index in [1.807, 2.05) is 29.8 Å². The third-order valence-corrected chi connectivity index (χ3v) is 5.44. The average molecular weight is 342 g/mol. The largest absolute Gasteiger partial charge is 0.383 e. The topological polar surface area (TPSA) is 65.1 Å². The Labute approximate surface area is 145 Å². The fourth-order valence-corrected chi connectivity index (χ4v) is 3.64. The van der Waals surface area contributed by atoms with Crippen LogP contribution in [0.15, 0.2) is 41.9 Å². The van der Waals surface area contributed by atoms with Crippen molar-refractivity contribution in [3.8, 4) is 0 Å². The molecule has 3 N–H and O–H groups in total. The molecule has 0 aliphatic rings.